The van der Waals surface area contributed by atoms with Gasteiger partial charge in [0.1, 0.15) is 0 Å². The van der Waals surface area contributed by atoms with Gasteiger partial charge in [-0.15, -0.1) is 0 Å². The summed E-state index contributed by atoms with van der Waals surface area (Å²) in [4.78, 5) is 0. The average molecular weight is 224 g/mol. The van der Waals surface area contributed by atoms with Crippen LogP contribution in [0.15, 0.2) is 23.6 Å². The summed E-state index contributed by atoms with van der Waals surface area (Å²) < 4.78 is 4.22. The number of aliphatic hydroxyl groups excluding tert-OH is 2. The Hall–Kier alpha value is -1.17. The van der Waals surface area contributed by atoms with Gasteiger partial charge in [0.05, 0.1) is 18.2 Å². The van der Waals surface area contributed by atoms with Crippen molar-refractivity contribution in [2.45, 2.75) is 6.10 Å². The fourth-order valence-corrected chi connectivity index (χ4v) is 2.02. The van der Waals surface area contributed by atoms with E-state index in [9.17, 15) is 5.11 Å². The number of benzene rings is 1. The maximum Gasteiger partial charge on any atom is 0.0942 e. The van der Waals surface area contributed by atoms with Crippen LogP contribution in [-0.2, 0) is 0 Å². The summed E-state index contributed by atoms with van der Waals surface area (Å²) in [6, 6.07) is 5.79. The molecule has 3 N–H and O–H groups in total. The van der Waals surface area contributed by atoms with Crippen molar-refractivity contribution in [1.82, 2.24) is 4.37 Å². The minimum atomic E-state index is -0.730. The van der Waals surface area contributed by atoms with E-state index in [-0.39, 0.29) is 6.61 Å². The van der Waals surface area contributed by atoms with Gasteiger partial charge in [-0.25, -0.2) is 0 Å². The molecule has 1 atom stereocenters. The molecular weight excluding hydrogens is 212 g/mol. The van der Waals surface area contributed by atoms with Crippen LogP contribution < -0.4 is 5.32 Å². The number of nitrogens with one attached hydrogen (secondary N) is 1. The third-order valence-electron chi connectivity index (χ3n) is 2.14. The predicted molar refractivity (Wildman–Crippen MR) is 61.2 cm³/mol. The lowest BCUT2D eigenvalue weighted by atomic mass is 10.2. The van der Waals surface area contributed by atoms with Crippen molar-refractivity contribution in [3.05, 3.63) is 23.6 Å². The zero-order valence-corrected chi connectivity index (χ0v) is 8.87. The molecule has 0 amide bonds. The Balaban J connectivity index is 2.17. The van der Waals surface area contributed by atoms with E-state index >= 15 is 0 Å². The number of rotatable bonds is 4. The molecule has 0 spiro atoms. The predicted octanol–water partition coefficient (Wildman–Crippen LogP) is 1.06. The first-order valence-electron chi connectivity index (χ1n) is 4.67. The Morgan fingerprint density at radius 1 is 1.47 bits per heavy atom. The average Bonchev–Trinajstić information content (AvgIpc) is 2.74. The highest BCUT2D eigenvalue weighted by Crippen LogP contribution is 2.23. The molecule has 2 rings (SSSR count). The van der Waals surface area contributed by atoms with Gasteiger partial charge in [-0.2, -0.15) is 4.37 Å². The number of hydrogen-bond acceptors (Lipinski definition) is 5. The van der Waals surface area contributed by atoms with Gasteiger partial charge < -0.3 is 15.5 Å². The van der Waals surface area contributed by atoms with Crippen molar-refractivity contribution in [2.75, 3.05) is 18.5 Å². The highest BCUT2D eigenvalue weighted by molar-refractivity contribution is 7.04. The molecule has 1 unspecified atom stereocenters. The quantitative estimate of drug-likeness (QED) is 0.726. The molecule has 1 heterocycles. The van der Waals surface area contributed by atoms with Crippen molar-refractivity contribution in [3.63, 3.8) is 0 Å². The molecule has 0 aliphatic heterocycles. The Morgan fingerprint density at radius 3 is 3.13 bits per heavy atom. The lowest BCUT2D eigenvalue weighted by Crippen LogP contribution is -2.22. The van der Waals surface area contributed by atoms with Crippen LogP contribution in [0.1, 0.15) is 0 Å². The molecule has 1 aromatic heterocycles. The summed E-state index contributed by atoms with van der Waals surface area (Å²) in [5, 5.41) is 24.0. The first kappa shape index (κ1) is 10.4. The number of hydrogen-bond donors (Lipinski definition) is 3. The molecule has 0 aliphatic carbocycles. The second-order valence-electron chi connectivity index (χ2n) is 3.27. The summed E-state index contributed by atoms with van der Waals surface area (Å²) in [5.74, 6) is 0. The molecule has 0 radical (unpaired) electrons. The van der Waals surface area contributed by atoms with Crippen LogP contribution in [0.2, 0.25) is 0 Å². The summed E-state index contributed by atoms with van der Waals surface area (Å²) in [5.41, 5.74) is 1.89. The fourth-order valence-electron chi connectivity index (χ4n) is 1.34. The first-order chi connectivity index (χ1) is 7.31. The van der Waals surface area contributed by atoms with Crippen molar-refractivity contribution >= 4 is 28.1 Å². The van der Waals surface area contributed by atoms with Crippen LogP contribution in [0, 0.1) is 0 Å². The van der Waals surface area contributed by atoms with Crippen LogP contribution in [0.3, 0.4) is 0 Å². The third kappa shape index (κ3) is 2.26. The Bertz CT molecular complexity index is 444. The normalized spacial score (nSPS) is 12.9. The lowest BCUT2D eigenvalue weighted by molar-refractivity contribution is 0.105. The van der Waals surface area contributed by atoms with E-state index < -0.39 is 6.10 Å². The van der Waals surface area contributed by atoms with Crippen molar-refractivity contribution in [2.24, 2.45) is 0 Å². The maximum atomic E-state index is 9.22. The molecule has 4 nitrogen and oxygen atoms in total. The number of aliphatic hydroxyl groups is 2. The molecule has 5 heteroatoms. The second-order valence-corrected chi connectivity index (χ2v) is 3.90. The largest absolute Gasteiger partial charge is 0.394 e. The fraction of sp³-hybridized carbons (Fsp3) is 0.300. The summed E-state index contributed by atoms with van der Waals surface area (Å²) in [6.45, 7) is 0.107. The van der Waals surface area contributed by atoms with Crippen LogP contribution in [-0.4, -0.2) is 33.8 Å². The Morgan fingerprint density at radius 2 is 2.33 bits per heavy atom. The minimum Gasteiger partial charge on any atom is -0.394 e. The molecule has 0 saturated heterocycles. The molecule has 15 heavy (non-hydrogen) atoms. The number of aromatic nitrogens is 1. The van der Waals surface area contributed by atoms with Crippen LogP contribution in [0.4, 0.5) is 5.69 Å². The van der Waals surface area contributed by atoms with E-state index in [2.05, 4.69) is 9.69 Å². The number of anilines is 1. The van der Waals surface area contributed by atoms with Gasteiger partial charge in [0, 0.05) is 23.0 Å². The van der Waals surface area contributed by atoms with E-state index in [0.717, 1.165) is 16.6 Å². The number of nitrogens with zero attached hydrogens (tertiary/aromatic N) is 1. The number of fused-ring (bicyclic) bond motifs is 1. The van der Waals surface area contributed by atoms with E-state index in [4.69, 9.17) is 5.11 Å². The van der Waals surface area contributed by atoms with Crippen molar-refractivity contribution < 1.29 is 10.2 Å². The monoisotopic (exact) mass is 224 g/mol. The standard InChI is InChI=1S/C10H12N2O2S/c13-5-7(14)4-11-9-2-1-3-10-8(9)6-15-12-10/h1-3,6-7,11,13-14H,4-5H2. The summed E-state index contributed by atoms with van der Waals surface area (Å²) in [7, 11) is 0. The topological polar surface area (TPSA) is 65.4 Å². The lowest BCUT2D eigenvalue weighted by Gasteiger charge is -2.10. The molecular formula is C10H12N2O2S. The van der Waals surface area contributed by atoms with E-state index in [1.54, 1.807) is 0 Å². The molecule has 0 fully saturated rings. The van der Waals surface area contributed by atoms with Gasteiger partial charge >= 0.3 is 0 Å². The van der Waals surface area contributed by atoms with Gasteiger partial charge in [0.2, 0.25) is 0 Å². The van der Waals surface area contributed by atoms with Crippen LogP contribution >= 0.6 is 11.5 Å². The van der Waals surface area contributed by atoms with Gasteiger partial charge in [-0.1, -0.05) is 6.07 Å². The van der Waals surface area contributed by atoms with E-state index in [0.29, 0.717) is 6.54 Å². The zero-order valence-electron chi connectivity index (χ0n) is 8.05. The molecule has 80 valence electrons. The smallest absolute Gasteiger partial charge is 0.0942 e. The molecule has 0 bridgehead atoms. The highest BCUT2D eigenvalue weighted by Gasteiger charge is 2.05. The maximum absolute atomic E-state index is 9.22. The summed E-state index contributed by atoms with van der Waals surface area (Å²) >= 11 is 1.41. The van der Waals surface area contributed by atoms with Gasteiger partial charge in [-0.05, 0) is 23.7 Å². The molecule has 0 aliphatic rings. The van der Waals surface area contributed by atoms with Crippen LogP contribution in [0.5, 0.6) is 0 Å². The van der Waals surface area contributed by atoms with Crippen LogP contribution in [0.25, 0.3) is 10.9 Å². The van der Waals surface area contributed by atoms with E-state index in [1.807, 2.05) is 23.6 Å². The first-order valence-corrected chi connectivity index (χ1v) is 5.51. The second kappa shape index (κ2) is 4.57. The van der Waals surface area contributed by atoms with Crippen molar-refractivity contribution in [1.29, 1.82) is 0 Å². The van der Waals surface area contributed by atoms with Gasteiger partial charge in [-0.3, -0.25) is 0 Å². The zero-order chi connectivity index (χ0) is 10.7. The summed E-state index contributed by atoms with van der Waals surface area (Å²) in [6.07, 6.45) is -0.730. The highest BCUT2D eigenvalue weighted by atomic mass is 32.1. The van der Waals surface area contributed by atoms with Gasteiger partial charge in [0.15, 0.2) is 0 Å². The van der Waals surface area contributed by atoms with Crippen molar-refractivity contribution in [3.8, 4) is 0 Å². The van der Waals surface area contributed by atoms with Gasteiger partial charge in [0.25, 0.3) is 0 Å². The Kier molecular flexibility index (Phi) is 3.15. The molecule has 2 aromatic rings. The minimum absolute atomic E-state index is 0.231. The molecule has 1 aromatic carbocycles. The molecule has 0 saturated carbocycles. The third-order valence-corrected chi connectivity index (χ3v) is 2.79. The SMILES string of the molecule is OCC(O)CNc1cccc2nscc12. The van der Waals surface area contributed by atoms with E-state index in [1.165, 1.54) is 11.5 Å². The Labute approximate surface area is 91.3 Å².